The lowest BCUT2D eigenvalue weighted by molar-refractivity contribution is -0.146. The highest BCUT2D eigenvalue weighted by molar-refractivity contribution is 5.74. The molecule has 3 heteroatoms. The summed E-state index contributed by atoms with van der Waals surface area (Å²) in [6.45, 7) is 7.97. The minimum atomic E-state index is -0.136. The number of hydrogen-bond acceptors (Lipinski definition) is 3. The van der Waals surface area contributed by atoms with E-state index < -0.39 is 0 Å². The summed E-state index contributed by atoms with van der Waals surface area (Å²) in [7, 11) is 1.47. The third-order valence-corrected chi connectivity index (χ3v) is 4.33. The van der Waals surface area contributed by atoms with Crippen molar-refractivity contribution in [2.45, 2.75) is 40.0 Å². The van der Waals surface area contributed by atoms with Gasteiger partial charge >= 0.3 is 5.97 Å². The second-order valence-corrected chi connectivity index (χ2v) is 5.66. The summed E-state index contributed by atoms with van der Waals surface area (Å²) in [6, 6.07) is 0. The molecule has 4 unspecified atom stereocenters. The second-order valence-electron chi connectivity index (χ2n) is 5.66. The predicted molar refractivity (Wildman–Crippen MR) is 76.8 cm³/mol. The van der Waals surface area contributed by atoms with Gasteiger partial charge in [-0.1, -0.05) is 52.2 Å². The monoisotopic (exact) mass is 268 g/mol. The molecule has 0 aromatic carbocycles. The highest BCUT2D eigenvalue weighted by atomic mass is 16.5. The van der Waals surface area contributed by atoms with Crippen molar-refractivity contribution >= 4 is 5.97 Å². The Morgan fingerprint density at radius 3 is 2.89 bits per heavy atom. The molecule has 0 aliphatic carbocycles. The van der Waals surface area contributed by atoms with Crippen LogP contribution in [0.3, 0.4) is 0 Å². The van der Waals surface area contributed by atoms with Crippen LogP contribution in [0.5, 0.6) is 0 Å². The number of ether oxygens (including phenoxy) is 2. The van der Waals surface area contributed by atoms with E-state index in [0.29, 0.717) is 18.4 Å². The maximum Gasteiger partial charge on any atom is 0.312 e. The molecule has 1 aliphatic heterocycles. The smallest absolute Gasteiger partial charge is 0.312 e. The standard InChI is InChI=1S/C16H28O3/c1-5-6-8-12(2)15-11-19-10-7-9-14(13(15)3)16(17)18-4/h7,9,12-15H,5-6,8,10-11H2,1-4H3. The lowest BCUT2D eigenvalue weighted by atomic mass is 9.75. The Balaban J connectivity index is 2.78. The topological polar surface area (TPSA) is 35.5 Å². The van der Waals surface area contributed by atoms with E-state index in [4.69, 9.17) is 9.47 Å². The molecule has 0 saturated carbocycles. The van der Waals surface area contributed by atoms with Crippen LogP contribution in [0.15, 0.2) is 12.2 Å². The van der Waals surface area contributed by atoms with Gasteiger partial charge in [0.05, 0.1) is 26.2 Å². The fourth-order valence-electron chi connectivity index (χ4n) is 2.92. The molecular formula is C16H28O3. The molecule has 0 fully saturated rings. The maximum absolute atomic E-state index is 11.9. The van der Waals surface area contributed by atoms with E-state index in [1.165, 1.54) is 26.4 Å². The van der Waals surface area contributed by atoms with Gasteiger partial charge in [-0.25, -0.2) is 0 Å². The van der Waals surface area contributed by atoms with Crippen molar-refractivity contribution in [1.82, 2.24) is 0 Å². The summed E-state index contributed by atoms with van der Waals surface area (Å²) in [6.07, 6.45) is 7.54. The van der Waals surface area contributed by atoms with Gasteiger partial charge in [0, 0.05) is 0 Å². The molecule has 1 aliphatic rings. The van der Waals surface area contributed by atoms with Crippen molar-refractivity contribution in [3.63, 3.8) is 0 Å². The average molecular weight is 268 g/mol. The molecule has 0 aromatic heterocycles. The second kappa shape index (κ2) is 8.36. The third-order valence-electron chi connectivity index (χ3n) is 4.33. The van der Waals surface area contributed by atoms with E-state index in [1.54, 1.807) is 0 Å². The van der Waals surface area contributed by atoms with Crippen molar-refractivity contribution in [2.24, 2.45) is 23.7 Å². The fourth-order valence-corrected chi connectivity index (χ4v) is 2.92. The van der Waals surface area contributed by atoms with Crippen LogP contribution in [0.4, 0.5) is 0 Å². The Bertz CT molecular complexity index is 298. The molecule has 0 saturated heterocycles. The van der Waals surface area contributed by atoms with Gasteiger partial charge in [0.1, 0.15) is 0 Å². The Morgan fingerprint density at radius 1 is 1.53 bits per heavy atom. The summed E-state index contributed by atoms with van der Waals surface area (Å²) in [5.41, 5.74) is 0. The summed E-state index contributed by atoms with van der Waals surface area (Å²) >= 11 is 0. The van der Waals surface area contributed by atoms with E-state index >= 15 is 0 Å². The zero-order chi connectivity index (χ0) is 14.3. The molecule has 0 amide bonds. The molecule has 0 bridgehead atoms. The molecule has 19 heavy (non-hydrogen) atoms. The van der Waals surface area contributed by atoms with Crippen molar-refractivity contribution < 1.29 is 14.3 Å². The van der Waals surface area contributed by atoms with E-state index in [9.17, 15) is 4.79 Å². The zero-order valence-corrected chi connectivity index (χ0v) is 12.7. The first kappa shape index (κ1) is 16.2. The highest BCUT2D eigenvalue weighted by Crippen LogP contribution is 2.33. The lowest BCUT2D eigenvalue weighted by Crippen LogP contribution is -2.34. The average Bonchev–Trinajstić information content (AvgIpc) is 2.40. The van der Waals surface area contributed by atoms with Crippen LogP contribution < -0.4 is 0 Å². The van der Waals surface area contributed by atoms with Crippen molar-refractivity contribution in [3.8, 4) is 0 Å². The maximum atomic E-state index is 11.9. The first-order valence-electron chi connectivity index (χ1n) is 7.44. The summed E-state index contributed by atoms with van der Waals surface area (Å²) in [5.74, 6) is 0.992. The zero-order valence-electron chi connectivity index (χ0n) is 12.7. The molecule has 0 radical (unpaired) electrons. The van der Waals surface area contributed by atoms with E-state index in [2.05, 4.69) is 20.8 Å². The Morgan fingerprint density at radius 2 is 2.26 bits per heavy atom. The molecule has 4 atom stereocenters. The van der Waals surface area contributed by atoms with Gasteiger partial charge in [0.25, 0.3) is 0 Å². The van der Waals surface area contributed by atoms with Crippen molar-refractivity contribution in [2.75, 3.05) is 20.3 Å². The number of carbonyl (C=O) groups excluding carboxylic acids is 1. The third kappa shape index (κ3) is 4.64. The minimum Gasteiger partial charge on any atom is -0.469 e. The number of rotatable bonds is 5. The Kier molecular flexibility index (Phi) is 7.14. The molecule has 1 heterocycles. The molecule has 0 N–H and O–H groups in total. The number of esters is 1. The van der Waals surface area contributed by atoms with Gasteiger partial charge in [0.2, 0.25) is 0 Å². The van der Waals surface area contributed by atoms with Crippen LogP contribution in [0, 0.1) is 23.7 Å². The van der Waals surface area contributed by atoms with Crippen LogP contribution in [-0.4, -0.2) is 26.3 Å². The van der Waals surface area contributed by atoms with Gasteiger partial charge in [-0.2, -0.15) is 0 Å². The van der Waals surface area contributed by atoms with Gasteiger partial charge in [0.15, 0.2) is 0 Å². The molecule has 3 nitrogen and oxygen atoms in total. The predicted octanol–water partition coefficient (Wildman–Crippen LogP) is 3.44. The number of methoxy groups -OCH3 is 1. The van der Waals surface area contributed by atoms with Crippen molar-refractivity contribution in [3.05, 3.63) is 12.2 Å². The van der Waals surface area contributed by atoms with Gasteiger partial charge in [-0.15, -0.1) is 0 Å². The van der Waals surface area contributed by atoms with Crippen LogP contribution in [0.1, 0.15) is 40.0 Å². The molecule has 0 aromatic rings. The quantitative estimate of drug-likeness (QED) is 0.566. The normalized spacial score (nSPS) is 29.4. The van der Waals surface area contributed by atoms with Gasteiger partial charge in [-0.05, 0) is 17.8 Å². The summed E-state index contributed by atoms with van der Waals surface area (Å²) in [4.78, 5) is 11.9. The highest BCUT2D eigenvalue weighted by Gasteiger charge is 2.33. The van der Waals surface area contributed by atoms with E-state index in [1.807, 2.05) is 12.2 Å². The van der Waals surface area contributed by atoms with Crippen LogP contribution in [0.2, 0.25) is 0 Å². The van der Waals surface area contributed by atoms with E-state index in [0.717, 1.165) is 6.61 Å². The largest absolute Gasteiger partial charge is 0.469 e. The van der Waals surface area contributed by atoms with Crippen LogP contribution >= 0.6 is 0 Å². The van der Waals surface area contributed by atoms with Crippen LogP contribution in [-0.2, 0) is 14.3 Å². The molecule has 0 spiro atoms. The lowest BCUT2D eigenvalue weighted by Gasteiger charge is -2.33. The number of unbranched alkanes of at least 4 members (excludes halogenated alkanes) is 1. The molecular weight excluding hydrogens is 240 g/mol. The number of carbonyl (C=O) groups is 1. The van der Waals surface area contributed by atoms with Gasteiger partial charge < -0.3 is 9.47 Å². The van der Waals surface area contributed by atoms with Gasteiger partial charge in [-0.3, -0.25) is 4.79 Å². The fraction of sp³-hybridized carbons (Fsp3) is 0.812. The summed E-state index contributed by atoms with van der Waals surface area (Å²) in [5, 5.41) is 0. The first-order chi connectivity index (χ1) is 9.11. The molecule has 1 rings (SSSR count). The van der Waals surface area contributed by atoms with E-state index in [-0.39, 0.29) is 17.8 Å². The summed E-state index contributed by atoms with van der Waals surface area (Å²) < 4.78 is 10.6. The SMILES string of the molecule is CCCCC(C)C1COCC=CC(C(=O)OC)C1C. The van der Waals surface area contributed by atoms with Crippen molar-refractivity contribution in [1.29, 1.82) is 0 Å². The Hall–Kier alpha value is -0.830. The minimum absolute atomic E-state index is 0.127. The first-order valence-corrected chi connectivity index (χ1v) is 7.44. The number of hydrogen-bond donors (Lipinski definition) is 0. The molecule has 110 valence electrons. The Labute approximate surface area is 117 Å². The van der Waals surface area contributed by atoms with Crippen LogP contribution in [0.25, 0.3) is 0 Å².